The zero-order valence-electron chi connectivity index (χ0n) is 4.59. The fraction of sp³-hybridized carbons (Fsp3) is 1.00. The molecule has 2 nitrogen and oxygen atoms in total. The SMILES string of the molecule is C1CC12COC1OC12. The van der Waals surface area contributed by atoms with Gasteiger partial charge in [-0.1, -0.05) is 0 Å². The fourth-order valence-corrected chi connectivity index (χ4v) is 1.58. The molecule has 2 aliphatic heterocycles. The molecule has 2 heterocycles. The van der Waals surface area contributed by atoms with E-state index in [2.05, 4.69) is 0 Å². The first-order valence-electron chi connectivity index (χ1n) is 3.18. The van der Waals surface area contributed by atoms with Gasteiger partial charge < -0.3 is 9.47 Å². The lowest BCUT2D eigenvalue weighted by Crippen LogP contribution is -2.08. The minimum atomic E-state index is 0.220. The Labute approximate surface area is 47.8 Å². The summed E-state index contributed by atoms with van der Waals surface area (Å²) in [5, 5.41) is 0. The van der Waals surface area contributed by atoms with E-state index in [1.807, 2.05) is 0 Å². The molecule has 2 unspecified atom stereocenters. The van der Waals surface area contributed by atoms with Crippen LogP contribution < -0.4 is 0 Å². The summed E-state index contributed by atoms with van der Waals surface area (Å²) in [6.45, 7) is 0.975. The second-order valence-corrected chi connectivity index (χ2v) is 3.10. The molecule has 3 rings (SSSR count). The van der Waals surface area contributed by atoms with Crippen molar-refractivity contribution in [3.8, 4) is 0 Å². The van der Waals surface area contributed by atoms with E-state index in [9.17, 15) is 0 Å². The first kappa shape index (κ1) is 3.85. The van der Waals surface area contributed by atoms with Crippen LogP contribution in [0.15, 0.2) is 0 Å². The summed E-state index contributed by atoms with van der Waals surface area (Å²) in [6, 6.07) is 0. The van der Waals surface area contributed by atoms with Crippen molar-refractivity contribution >= 4 is 0 Å². The number of rotatable bonds is 0. The summed E-state index contributed by atoms with van der Waals surface area (Å²) in [6.07, 6.45) is 3.42. The monoisotopic (exact) mass is 112 g/mol. The maximum Gasteiger partial charge on any atom is 0.185 e. The van der Waals surface area contributed by atoms with Crippen molar-refractivity contribution in [1.29, 1.82) is 0 Å². The molecule has 3 fully saturated rings. The minimum absolute atomic E-state index is 0.220. The molecule has 0 N–H and O–H groups in total. The zero-order chi connectivity index (χ0) is 5.19. The molecule has 0 aromatic carbocycles. The lowest BCUT2D eigenvalue weighted by Gasteiger charge is -2.01. The predicted octanol–water partition coefficient (Wildman–Crippen LogP) is 0.522. The summed E-state index contributed by atoms with van der Waals surface area (Å²) in [5.41, 5.74) is 0.532. The van der Waals surface area contributed by atoms with Gasteiger partial charge in [0.05, 0.1) is 6.61 Å². The Morgan fingerprint density at radius 1 is 1.38 bits per heavy atom. The molecular formula is C6H8O2. The molecule has 2 atom stereocenters. The summed E-state index contributed by atoms with van der Waals surface area (Å²) < 4.78 is 10.5. The van der Waals surface area contributed by atoms with Crippen molar-refractivity contribution in [2.75, 3.05) is 6.61 Å². The van der Waals surface area contributed by atoms with Crippen LogP contribution in [-0.2, 0) is 9.47 Å². The van der Waals surface area contributed by atoms with Crippen molar-refractivity contribution in [3.05, 3.63) is 0 Å². The van der Waals surface area contributed by atoms with Crippen molar-refractivity contribution in [2.45, 2.75) is 25.2 Å². The number of ether oxygens (including phenoxy) is 2. The summed E-state index contributed by atoms with van der Waals surface area (Å²) in [5.74, 6) is 0. The third-order valence-corrected chi connectivity index (χ3v) is 2.48. The lowest BCUT2D eigenvalue weighted by atomic mass is 10.1. The number of fused-ring (bicyclic) bond motifs is 2. The lowest BCUT2D eigenvalue weighted by molar-refractivity contribution is 0.0216. The van der Waals surface area contributed by atoms with E-state index in [4.69, 9.17) is 9.47 Å². The van der Waals surface area contributed by atoms with Crippen LogP contribution in [0.1, 0.15) is 12.8 Å². The predicted molar refractivity (Wildman–Crippen MR) is 26.3 cm³/mol. The van der Waals surface area contributed by atoms with Crippen LogP contribution in [0.25, 0.3) is 0 Å². The highest BCUT2D eigenvalue weighted by Crippen LogP contribution is 2.61. The van der Waals surface area contributed by atoms with Crippen LogP contribution in [0, 0.1) is 5.41 Å². The van der Waals surface area contributed by atoms with E-state index in [1.54, 1.807) is 0 Å². The summed E-state index contributed by atoms with van der Waals surface area (Å²) >= 11 is 0. The van der Waals surface area contributed by atoms with Gasteiger partial charge in [-0.15, -0.1) is 0 Å². The second-order valence-electron chi connectivity index (χ2n) is 3.10. The minimum Gasteiger partial charge on any atom is -0.349 e. The van der Waals surface area contributed by atoms with Gasteiger partial charge in [0, 0.05) is 5.41 Å². The standard InChI is InChI=1S/C6H8O2/c1-2-6(1)3-7-5-4(6)8-5/h4-5H,1-3H2. The molecule has 44 valence electrons. The Kier molecular flexibility index (Phi) is 0.408. The molecule has 0 radical (unpaired) electrons. The molecule has 0 aromatic heterocycles. The molecule has 2 heteroatoms. The maximum absolute atomic E-state index is 5.28. The molecule has 0 aromatic rings. The Bertz CT molecular complexity index is 139. The third-order valence-electron chi connectivity index (χ3n) is 2.48. The van der Waals surface area contributed by atoms with E-state index < -0.39 is 0 Å². The van der Waals surface area contributed by atoms with Gasteiger partial charge in [0.25, 0.3) is 0 Å². The van der Waals surface area contributed by atoms with Gasteiger partial charge in [0.1, 0.15) is 6.10 Å². The van der Waals surface area contributed by atoms with E-state index in [0.717, 1.165) is 6.61 Å². The van der Waals surface area contributed by atoms with E-state index in [1.165, 1.54) is 12.8 Å². The molecule has 1 spiro atoms. The molecule has 0 amide bonds. The van der Waals surface area contributed by atoms with Gasteiger partial charge in [0.15, 0.2) is 6.29 Å². The summed E-state index contributed by atoms with van der Waals surface area (Å²) in [7, 11) is 0. The van der Waals surface area contributed by atoms with Crippen LogP contribution in [0.4, 0.5) is 0 Å². The van der Waals surface area contributed by atoms with Crippen molar-refractivity contribution in [1.82, 2.24) is 0 Å². The molecule has 1 aliphatic carbocycles. The Morgan fingerprint density at radius 3 is 2.50 bits per heavy atom. The Balaban J connectivity index is 1.99. The summed E-state index contributed by atoms with van der Waals surface area (Å²) in [4.78, 5) is 0. The van der Waals surface area contributed by atoms with Gasteiger partial charge in [-0.25, -0.2) is 0 Å². The molecule has 1 saturated carbocycles. The van der Waals surface area contributed by atoms with Gasteiger partial charge in [0.2, 0.25) is 0 Å². The van der Waals surface area contributed by atoms with Crippen molar-refractivity contribution in [2.24, 2.45) is 5.41 Å². The largest absolute Gasteiger partial charge is 0.349 e. The Morgan fingerprint density at radius 2 is 2.25 bits per heavy atom. The van der Waals surface area contributed by atoms with Crippen LogP contribution in [0.2, 0.25) is 0 Å². The first-order valence-corrected chi connectivity index (χ1v) is 3.18. The van der Waals surface area contributed by atoms with E-state index in [0.29, 0.717) is 11.5 Å². The first-order chi connectivity index (χ1) is 3.91. The Hall–Kier alpha value is -0.0800. The quantitative estimate of drug-likeness (QED) is 0.426. The zero-order valence-corrected chi connectivity index (χ0v) is 4.59. The number of hydrogen-bond donors (Lipinski definition) is 0. The fourth-order valence-electron chi connectivity index (χ4n) is 1.58. The van der Waals surface area contributed by atoms with Crippen LogP contribution in [0.5, 0.6) is 0 Å². The topological polar surface area (TPSA) is 21.8 Å². The second kappa shape index (κ2) is 0.847. The third kappa shape index (κ3) is 0.273. The van der Waals surface area contributed by atoms with Crippen LogP contribution in [-0.4, -0.2) is 19.0 Å². The van der Waals surface area contributed by atoms with Gasteiger partial charge in [-0.05, 0) is 12.8 Å². The molecule has 8 heavy (non-hydrogen) atoms. The van der Waals surface area contributed by atoms with Gasteiger partial charge >= 0.3 is 0 Å². The van der Waals surface area contributed by atoms with Crippen molar-refractivity contribution < 1.29 is 9.47 Å². The van der Waals surface area contributed by atoms with E-state index in [-0.39, 0.29) is 6.29 Å². The number of epoxide rings is 1. The molecule has 0 bridgehead atoms. The maximum atomic E-state index is 5.28. The van der Waals surface area contributed by atoms with Gasteiger partial charge in [-0.3, -0.25) is 0 Å². The number of hydrogen-bond acceptors (Lipinski definition) is 2. The van der Waals surface area contributed by atoms with E-state index >= 15 is 0 Å². The van der Waals surface area contributed by atoms with Crippen molar-refractivity contribution in [3.63, 3.8) is 0 Å². The van der Waals surface area contributed by atoms with Crippen LogP contribution >= 0.6 is 0 Å². The average molecular weight is 112 g/mol. The normalized spacial score (nSPS) is 54.0. The smallest absolute Gasteiger partial charge is 0.185 e. The molecule has 3 aliphatic rings. The molecule has 2 saturated heterocycles. The molecular weight excluding hydrogens is 104 g/mol. The average Bonchev–Trinajstić information content (AvgIpc) is 2.46. The van der Waals surface area contributed by atoms with Gasteiger partial charge in [-0.2, -0.15) is 0 Å². The van der Waals surface area contributed by atoms with Crippen LogP contribution in [0.3, 0.4) is 0 Å². The highest BCUT2D eigenvalue weighted by Gasteiger charge is 2.67. The highest BCUT2D eigenvalue weighted by atomic mass is 16.8. The highest BCUT2D eigenvalue weighted by molar-refractivity contribution is 5.10.